The molecule has 2 unspecified atom stereocenters. The molecule has 0 amide bonds. The van der Waals surface area contributed by atoms with Crippen molar-refractivity contribution in [3.8, 4) is 0 Å². The van der Waals surface area contributed by atoms with Crippen molar-refractivity contribution in [2.75, 3.05) is 5.32 Å². The maximum Gasteiger partial charge on any atom is 0.0875 e. The lowest BCUT2D eigenvalue weighted by atomic mass is 9.65. The van der Waals surface area contributed by atoms with E-state index in [-0.39, 0.29) is 6.04 Å². The summed E-state index contributed by atoms with van der Waals surface area (Å²) in [6, 6.07) is 8.61. The molecule has 2 aromatic rings. The number of benzene rings is 1. The molecule has 0 spiro atoms. The van der Waals surface area contributed by atoms with Crippen LogP contribution in [0.15, 0.2) is 30.5 Å². The first kappa shape index (κ1) is 13.2. The Balaban J connectivity index is 1.65. The Morgan fingerprint density at radius 1 is 1.10 bits per heavy atom. The number of para-hydroxylation sites is 1. The Bertz CT molecular complexity index is 633. The molecule has 112 valence electrons. The van der Waals surface area contributed by atoms with E-state index in [9.17, 15) is 5.11 Å². The van der Waals surface area contributed by atoms with E-state index in [1.54, 1.807) is 0 Å². The molecule has 2 aliphatic carbocycles. The van der Waals surface area contributed by atoms with E-state index in [1.807, 2.05) is 6.20 Å². The van der Waals surface area contributed by atoms with Gasteiger partial charge in [-0.05, 0) is 43.7 Å². The third-order valence-corrected chi connectivity index (χ3v) is 5.65. The molecule has 1 aromatic heterocycles. The summed E-state index contributed by atoms with van der Waals surface area (Å²) in [5.41, 5.74) is 1.77. The number of nitrogens with one attached hydrogen (secondary N) is 2. The molecular weight excluding hydrogens is 260 g/mol. The SMILES string of the molecule is O[C@]12CCCCC1CCCC2Nc1cccc2cc[nH]c12. The first-order valence-corrected chi connectivity index (χ1v) is 8.32. The fraction of sp³-hybridized carbons (Fsp3) is 0.556. The number of aromatic amines is 1. The summed E-state index contributed by atoms with van der Waals surface area (Å²) < 4.78 is 0. The van der Waals surface area contributed by atoms with Crippen molar-refractivity contribution in [3.63, 3.8) is 0 Å². The van der Waals surface area contributed by atoms with Crippen LogP contribution in [0.4, 0.5) is 5.69 Å². The third kappa shape index (κ3) is 2.15. The average molecular weight is 284 g/mol. The largest absolute Gasteiger partial charge is 0.387 e. The van der Waals surface area contributed by atoms with E-state index in [0.717, 1.165) is 30.5 Å². The zero-order valence-corrected chi connectivity index (χ0v) is 12.4. The molecule has 0 aliphatic heterocycles. The molecule has 1 aromatic carbocycles. The van der Waals surface area contributed by atoms with Gasteiger partial charge in [0.05, 0.1) is 22.8 Å². The van der Waals surface area contributed by atoms with Crippen molar-refractivity contribution < 1.29 is 5.11 Å². The minimum absolute atomic E-state index is 0.186. The van der Waals surface area contributed by atoms with Gasteiger partial charge in [0.25, 0.3) is 0 Å². The zero-order valence-electron chi connectivity index (χ0n) is 12.4. The van der Waals surface area contributed by atoms with Crippen molar-refractivity contribution in [1.29, 1.82) is 0 Å². The molecule has 0 saturated heterocycles. The van der Waals surface area contributed by atoms with Gasteiger partial charge in [-0.2, -0.15) is 0 Å². The fourth-order valence-corrected chi connectivity index (χ4v) is 4.51. The molecule has 3 nitrogen and oxygen atoms in total. The molecule has 21 heavy (non-hydrogen) atoms. The molecule has 2 saturated carbocycles. The van der Waals surface area contributed by atoms with Gasteiger partial charge in [0.1, 0.15) is 0 Å². The molecule has 4 rings (SSSR count). The minimum atomic E-state index is -0.509. The lowest BCUT2D eigenvalue weighted by Crippen LogP contribution is -2.56. The van der Waals surface area contributed by atoms with Gasteiger partial charge < -0.3 is 15.4 Å². The monoisotopic (exact) mass is 284 g/mol. The number of hydrogen-bond donors (Lipinski definition) is 3. The molecule has 0 bridgehead atoms. The third-order valence-electron chi connectivity index (χ3n) is 5.65. The van der Waals surface area contributed by atoms with Crippen LogP contribution in [0.25, 0.3) is 10.9 Å². The number of anilines is 1. The predicted octanol–water partition coefficient (Wildman–Crippen LogP) is 4.05. The zero-order chi connectivity index (χ0) is 14.3. The van der Waals surface area contributed by atoms with Crippen LogP contribution in [0.5, 0.6) is 0 Å². The summed E-state index contributed by atoms with van der Waals surface area (Å²) in [6.07, 6.45) is 10.1. The maximum atomic E-state index is 11.3. The van der Waals surface area contributed by atoms with Crippen LogP contribution in [-0.2, 0) is 0 Å². The Hall–Kier alpha value is -1.48. The van der Waals surface area contributed by atoms with Crippen LogP contribution in [-0.4, -0.2) is 21.7 Å². The second kappa shape index (κ2) is 5.06. The Labute approximate surface area is 125 Å². The minimum Gasteiger partial charge on any atom is -0.387 e. The summed E-state index contributed by atoms with van der Waals surface area (Å²) in [5.74, 6) is 0.486. The standard InChI is InChI=1S/C18H24N2O/c21-18-11-2-1-6-14(18)7-4-9-16(18)20-15-8-3-5-13-10-12-19-17(13)15/h3,5,8,10,12,14,16,19-21H,1-2,4,6-7,9,11H2/t14?,16?,18-/m1/s1. The quantitative estimate of drug-likeness (QED) is 0.779. The van der Waals surface area contributed by atoms with Crippen LogP contribution in [0.2, 0.25) is 0 Å². The number of aliphatic hydroxyl groups is 1. The molecule has 3 heteroatoms. The topological polar surface area (TPSA) is 48.0 Å². The highest BCUT2D eigenvalue weighted by molar-refractivity contribution is 5.91. The Kier molecular flexibility index (Phi) is 3.18. The first-order chi connectivity index (χ1) is 10.3. The van der Waals surface area contributed by atoms with Gasteiger partial charge >= 0.3 is 0 Å². The normalized spacial score (nSPS) is 32.8. The molecule has 2 fully saturated rings. The van der Waals surface area contributed by atoms with Crippen molar-refractivity contribution in [3.05, 3.63) is 30.5 Å². The number of hydrogen-bond acceptors (Lipinski definition) is 2. The van der Waals surface area contributed by atoms with E-state index in [0.29, 0.717) is 5.92 Å². The summed E-state index contributed by atoms with van der Waals surface area (Å²) >= 11 is 0. The summed E-state index contributed by atoms with van der Waals surface area (Å²) in [5, 5.41) is 16.2. The lowest BCUT2D eigenvalue weighted by Gasteiger charge is -2.49. The van der Waals surface area contributed by atoms with Crippen molar-refractivity contribution >= 4 is 16.6 Å². The van der Waals surface area contributed by atoms with Crippen molar-refractivity contribution in [1.82, 2.24) is 4.98 Å². The van der Waals surface area contributed by atoms with Gasteiger partial charge in [0.2, 0.25) is 0 Å². The van der Waals surface area contributed by atoms with Crippen LogP contribution in [0, 0.1) is 5.92 Å². The van der Waals surface area contributed by atoms with E-state index in [4.69, 9.17) is 0 Å². The average Bonchev–Trinajstić information content (AvgIpc) is 2.97. The highest BCUT2D eigenvalue weighted by Crippen LogP contribution is 2.45. The summed E-state index contributed by atoms with van der Waals surface area (Å²) in [6.45, 7) is 0. The fourth-order valence-electron chi connectivity index (χ4n) is 4.51. The maximum absolute atomic E-state index is 11.3. The van der Waals surface area contributed by atoms with E-state index < -0.39 is 5.60 Å². The summed E-state index contributed by atoms with van der Waals surface area (Å²) in [7, 11) is 0. The van der Waals surface area contributed by atoms with Crippen LogP contribution < -0.4 is 5.32 Å². The van der Waals surface area contributed by atoms with Crippen LogP contribution in [0.3, 0.4) is 0 Å². The molecule has 0 radical (unpaired) electrons. The van der Waals surface area contributed by atoms with E-state index in [2.05, 4.69) is 34.6 Å². The first-order valence-electron chi connectivity index (χ1n) is 8.32. The number of H-pyrrole nitrogens is 1. The van der Waals surface area contributed by atoms with Crippen LogP contribution in [0.1, 0.15) is 44.9 Å². The summed E-state index contributed by atoms with van der Waals surface area (Å²) in [4.78, 5) is 3.32. The number of rotatable bonds is 2. The number of fused-ring (bicyclic) bond motifs is 2. The second-order valence-electron chi connectivity index (χ2n) is 6.81. The van der Waals surface area contributed by atoms with Gasteiger partial charge in [0.15, 0.2) is 0 Å². The van der Waals surface area contributed by atoms with Gasteiger partial charge in [-0.25, -0.2) is 0 Å². The Morgan fingerprint density at radius 2 is 2.00 bits per heavy atom. The van der Waals surface area contributed by atoms with Crippen molar-refractivity contribution in [2.24, 2.45) is 5.92 Å². The number of aromatic nitrogens is 1. The molecule has 3 atom stereocenters. The van der Waals surface area contributed by atoms with Gasteiger partial charge in [0, 0.05) is 11.6 Å². The molecule has 3 N–H and O–H groups in total. The molecule has 2 aliphatic rings. The smallest absolute Gasteiger partial charge is 0.0875 e. The van der Waals surface area contributed by atoms with Crippen LogP contribution >= 0.6 is 0 Å². The molecule has 1 heterocycles. The molecular formula is C18H24N2O. The lowest BCUT2D eigenvalue weighted by molar-refractivity contribution is -0.0835. The second-order valence-corrected chi connectivity index (χ2v) is 6.81. The van der Waals surface area contributed by atoms with Crippen molar-refractivity contribution in [2.45, 2.75) is 56.6 Å². The Morgan fingerprint density at radius 3 is 2.95 bits per heavy atom. The van der Waals surface area contributed by atoms with Gasteiger partial charge in [-0.3, -0.25) is 0 Å². The van der Waals surface area contributed by atoms with E-state index >= 15 is 0 Å². The van der Waals surface area contributed by atoms with Gasteiger partial charge in [-0.1, -0.05) is 31.4 Å². The highest BCUT2D eigenvalue weighted by atomic mass is 16.3. The van der Waals surface area contributed by atoms with E-state index in [1.165, 1.54) is 31.1 Å². The highest BCUT2D eigenvalue weighted by Gasteiger charge is 2.47. The predicted molar refractivity (Wildman–Crippen MR) is 86.5 cm³/mol. The van der Waals surface area contributed by atoms with Gasteiger partial charge in [-0.15, -0.1) is 0 Å².